The molecule has 0 aliphatic rings. The van der Waals surface area contributed by atoms with Crippen molar-refractivity contribution in [3.63, 3.8) is 0 Å². The molecular weight excluding hydrogens is 295 g/mol. The van der Waals surface area contributed by atoms with Crippen LogP contribution in [0.25, 0.3) is 0 Å². The minimum atomic E-state index is -3.54. The predicted molar refractivity (Wildman–Crippen MR) is 79.3 cm³/mol. The number of amides is 1. The van der Waals surface area contributed by atoms with Gasteiger partial charge < -0.3 is 5.32 Å². The zero-order valence-corrected chi connectivity index (χ0v) is 11.9. The van der Waals surface area contributed by atoms with Crippen LogP contribution in [0.4, 0.5) is 15.8 Å². The van der Waals surface area contributed by atoms with E-state index in [1.165, 1.54) is 6.07 Å². The average Bonchev–Trinajstić information content (AvgIpc) is 2.41. The Hall–Kier alpha value is -2.41. The highest BCUT2D eigenvalue weighted by Crippen LogP contribution is 2.24. The van der Waals surface area contributed by atoms with Crippen LogP contribution in [0, 0.1) is 5.82 Å². The quantitative estimate of drug-likeness (QED) is 0.911. The van der Waals surface area contributed by atoms with Gasteiger partial charge in [0.15, 0.2) is 0 Å². The summed E-state index contributed by atoms with van der Waals surface area (Å²) in [5.41, 5.74) is 0.532. The fourth-order valence-electron chi connectivity index (χ4n) is 1.69. The number of carbonyl (C=O) groups is 1. The molecule has 0 spiro atoms. The van der Waals surface area contributed by atoms with E-state index in [-0.39, 0.29) is 11.4 Å². The zero-order valence-electron chi connectivity index (χ0n) is 11.1. The van der Waals surface area contributed by atoms with Gasteiger partial charge in [0.2, 0.25) is 10.0 Å². The van der Waals surface area contributed by atoms with Crippen molar-refractivity contribution >= 4 is 27.3 Å². The van der Waals surface area contributed by atoms with E-state index in [0.29, 0.717) is 5.56 Å². The predicted octanol–water partition coefficient (Wildman–Crippen LogP) is 2.45. The van der Waals surface area contributed by atoms with E-state index >= 15 is 0 Å². The molecule has 2 aromatic carbocycles. The molecule has 0 fully saturated rings. The molecule has 5 nitrogen and oxygen atoms in total. The average molecular weight is 308 g/mol. The minimum Gasteiger partial charge on any atom is -0.320 e. The maximum Gasteiger partial charge on any atom is 0.255 e. The molecule has 0 saturated carbocycles. The number of nitrogens with one attached hydrogen (secondary N) is 2. The first-order valence-electron chi connectivity index (χ1n) is 5.99. The van der Waals surface area contributed by atoms with Gasteiger partial charge in [-0.2, -0.15) is 0 Å². The van der Waals surface area contributed by atoms with Crippen molar-refractivity contribution in [1.82, 2.24) is 0 Å². The van der Waals surface area contributed by atoms with Gasteiger partial charge in [-0.05, 0) is 30.3 Å². The summed E-state index contributed by atoms with van der Waals surface area (Å²) in [4.78, 5) is 12.0. The minimum absolute atomic E-state index is 0.0503. The van der Waals surface area contributed by atoms with Gasteiger partial charge in [-0.3, -0.25) is 9.52 Å². The summed E-state index contributed by atoms with van der Waals surface area (Å²) in [5.74, 6) is -1.05. The standard InChI is InChI=1S/C14H13FN2O3S/c1-21(19,20)17-12-8-7-11(15)9-13(12)16-14(18)10-5-3-2-4-6-10/h2-9,17H,1H3,(H,16,18). The molecule has 0 radical (unpaired) electrons. The van der Waals surface area contributed by atoms with E-state index in [0.717, 1.165) is 18.4 Å². The summed E-state index contributed by atoms with van der Waals surface area (Å²) in [5, 5.41) is 2.48. The van der Waals surface area contributed by atoms with E-state index in [9.17, 15) is 17.6 Å². The summed E-state index contributed by atoms with van der Waals surface area (Å²) in [6, 6.07) is 11.7. The van der Waals surface area contributed by atoms with Crippen LogP contribution < -0.4 is 10.0 Å². The molecule has 0 atom stereocenters. The normalized spacial score (nSPS) is 11.0. The molecule has 0 unspecified atom stereocenters. The Morgan fingerprint density at radius 2 is 1.71 bits per heavy atom. The second-order valence-electron chi connectivity index (χ2n) is 4.38. The molecular formula is C14H13FN2O3S. The van der Waals surface area contributed by atoms with Gasteiger partial charge in [-0.25, -0.2) is 12.8 Å². The molecule has 110 valence electrons. The molecule has 21 heavy (non-hydrogen) atoms. The van der Waals surface area contributed by atoms with Gasteiger partial charge in [-0.15, -0.1) is 0 Å². The number of hydrogen-bond donors (Lipinski definition) is 2. The number of sulfonamides is 1. The number of benzene rings is 2. The number of carbonyl (C=O) groups excluding carboxylic acids is 1. The van der Waals surface area contributed by atoms with Crippen LogP contribution in [-0.2, 0) is 10.0 Å². The number of anilines is 2. The Morgan fingerprint density at radius 1 is 1.05 bits per heavy atom. The van der Waals surface area contributed by atoms with Crippen LogP contribution in [0.1, 0.15) is 10.4 Å². The summed E-state index contributed by atoms with van der Waals surface area (Å²) in [7, 11) is -3.54. The maximum absolute atomic E-state index is 13.3. The molecule has 2 aromatic rings. The largest absolute Gasteiger partial charge is 0.320 e. The molecule has 0 aromatic heterocycles. The van der Waals surface area contributed by atoms with Crippen molar-refractivity contribution in [2.45, 2.75) is 0 Å². The lowest BCUT2D eigenvalue weighted by Gasteiger charge is -2.12. The Balaban J connectivity index is 2.30. The van der Waals surface area contributed by atoms with Gasteiger partial charge in [0.05, 0.1) is 17.6 Å². The molecule has 0 saturated heterocycles. The summed E-state index contributed by atoms with van der Waals surface area (Å²) in [6.07, 6.45) is 0.971. The van der Waals surface area contributed by atoms with Crippen LogP contribution in [0.5, 0.6) is 0 Å². The summed E-state index contributed by atoms with van der Waals surface area (Å²) < 4.78 is 38.1. The highest BCUT2D eigenvalue weighted by atomic mass is 32.2. The fourth-order valence-corrected chi connectivity index (χ4v) is 2.27. The third-order valence-electron chi connectivity index (χ3n) is 2.56. The molecule has 1 amide bonds. The second kappa shape index (κ2) is 5.92. The lowest BCUT2D eigenvalue weighted by Crippen LogP contribution is -2.16. The van der Waals surface area contributed by atoms with Crippen molar-refractivity contribution < 1.29 is 17.6 Å². The Bertz CT molecular complexity index is 761. The third kappa shape index (κ3) is 4.28. The van der Waals surface area contributed by atoms with Gasteiger partial charge in [0.25, 0.3) is 5.91 Å². The summed E-state index contributed by atoms with van der Waals surface area (Å²) >= 11 is 0. The van der Waals surface area contributed by atoms with Crippen LogP contribution in [-0.4, -0.2) is 20.6 Å². The lowest BCUT2D eigenvalue weighted by atomic mass is 10.2. The Kier molecular flexibility index (Phi) is 4.23. The molecule has 7 heteroatoms. The molecule has 2 rings (SSSR count). The first kappa shape index (κ1) is 15.0. The van der Waals surface area contributed by atoms with Crippen LogP contribution in [0.2, 0.25) is 0 Å². The third-order valence-corrected chi connectivity index (χ3v) is 3.15. The van der Waals surface area contributed by atoms with Gasteiger partial charge in [0.1, 0.15) is 5.82 Å². The molecule has 2 N–H and O–H groups in total. The van der Waals surface area contributed by atoms with Crippen LogP contribution in [0.3, 0.4) is 0 Å². The topological polar surface area (TPSA) is 75.3 Å². The molecule has 0 heterocycles. The highest BCUT2D eigenvalue weighted by Gasteiger charge is 2.12. The molecule has 0 bridgehead atoms. The van der Waals surface area contributed by atoms with Gasteiger partial charge >= 0.3 is 0 Å². The van der Waals surface area contributed by atoms with E-state index in [4.69, 9.17) is 0 Å². The number of hydrogen-bond acceptors (Lipinski definition) is 3. The first-order valence-corrected chi connectivity index (χ1v) is 7.88. The first-order chi connectivity index (χ1) is 9.85. The van der Waals surface area contributed by atoms with E-state index in [1.807, 2.05) is 0 Å². The Morgan fingerprint density at radius 3 is 2.33 bits per heavy atom. The fraction of sp³-hybridized carbons (Fsp3) is 0.0714. The van der Waals surface area contributed by atoms with Crippen molar-refractivity contribution in [1.29, 1.82) is 0 Å². The molecule has 0 aliphatic heterocycles. The summed E-state index contributed by atoms with van der Waals surface area (Å²) in [6.45, 7) is 0. The van der Waals surface area contributed by atoms with E-state index in [2.05, 4.69) is 10.0 Å². The van der Waals surface area contributed by atoms with E-state index < -0.39 is 21.7 Å². The number of halogens is 1. The monoisotopic (exact) mass is 308 g/mol. The van der Waals surface area contributed by atoms with Gasteiger partial charge in [-0.1, -0.05) is 18.2 Å². The zero-order chi connectivity index (χ0) is 15.5. The lowest BCUT2D eigenvalue weighted by molar-refractivity contribution is 0.102. The number of rotatable bonds is 4. The SMILES string of the molecule is CS(=O)(=O)Nc1ccc(F)cc1NC(=O)c1ccccc1. The van der Waals surface area contributed by atoms with Crippen molar-refractivity contribution in [3.05, 3.63) is 59.9 Å². The van der Waals surface area contributed by atoms with Crippen LogP contribution in [0.15, 0.2) is 48.5 Å². The van der Waals surface area contributed by atoms with E-state index in [1.54, 1.807) is 30.3 Å². The maximum atomic E-state index is 13.3. The highest BCUT2D eigenvalue weighted by molar-refractivity contribution is 7.92. The van der Waals surface area contributed by atoms with Crippen molar-refractivity contribution in [2.75, 3.05) is 16.3 Å². The van der Waals surface area contributed by atoms with Gasteiger partial charge in [0, 0.05) is 5.56 Å². The van der Waals surface area contributed by atoms with Crippen LogP contribution >= 0.6 is 0 Å². The van der Waals surface area contributed by atoms with Crippen molar-refractivity contribution in [2.24, 2.45) is 0 Å². The smallest absolute Gasteiger partial charge is 0.255 e. The second-order valence-corrected chi connectivity index (χ2v) is 6.13. The Labute approximate surface area is 121 Å². The molecule has 0 aliphatic carbocycles. The van der Waals surface area contributed by atoms with Crippen molar-refractivity contribution in [3.8, 4) is 0 Å².